The van der Waals surface area contributed by atoms with E-state index in [1.54, 1.807) is 0 Å². The van der Waals surface area contributed by atoms with E-state index in [9.17, 15) is 10.2 Å². The van der Waals surface area contributed by atoms with E-state index in [-0.39, 0.29) is 13.2 Å². The van der Waals surface area contributed by atoms with Crippen LogP contribution in [0.1, 0.15) is 33.4 Å². The second-order valence-corrected chi connectivity index (χ2v) is 7.87. The highest BCUT2D eigenvalue weighted by atomic mass is 16.3. The molecule has 3 aromatic carbocycles. The van der Waals surface area contributed by atoms with Crippen molar-refractivity contribution in [2.75, 3.05) is 38.0 Å². The van der Waals surface area contributed by atoms with E-state index in [1.165, 1.54) is 0 Å². The summed E-state index contributed by atoms with van der Waals surface area (Å²) in [5.74, 6) is 12.6. The van der Waals surface area contributed by atoms with Gasteiger partial charge in [0.05, 0.1) is 13.2 Å². The third kappa shape index (κ3) is 5.71. The molecule has 162 valence electrons. The fourth-order valence-electron chi connectivity index (χ4n) is 3.15. The lowest BCUT2D eigenvalue weighted by Crippen LogP contribution is -2.07. The number of nitrogens with zero attached hydrogens (tertiary/aromatic N) is 2. The van der Waals surface area contributed by atoms with Crippen LogP contribution >= 0.6 is 0 Å². The molecule has 32 heavy (non-hydrogen) atoms. The Kier molecular flexibility index (Phi) is 7.58. The SMILES string of the molecule is CN(C)c1ccc(C#Cc2cc(CO)c(C#Cc3ccc(N(C)C)cc3)cc2CO)cc1. The Hall–Kier alpha value is -3.70. The van der Waals surface area contributed by atoms with Gasteiger partial charge in [0.2, 0.25) is 0 Å². The molecule has 0 heterocycles. The molecular formula is C28H28N2O2. The van der Waals surface area contributed by atoms with Crippen molar-refractivity contribution in [2.45, 2.75) is 13.2 Å². The van der Waals surface area contributed by atoms with Gasteiger partial charge in [0, 0.05) is 61.8 Å². The molecule has 0 aliphatic carbocycles. The quantitative estimate of drug-likeness (QED) is 0.629. The zero-order valence-electron chi connectivity index (χ0n) is 19.0. The van der Waals surface area contributed by atoms with Crippen LogP contribution in [0.2, 0.25) is 0 Å². The Balaban J connectivity index is 1.90. The maximum Gasteiger partial charge on any atom is 0.0694 e. The number of benzene rings is 3. The van der Waals surface area contributed by atoms with Gasteiger partial charge in [-0.05, 0) is 71.8 Å². The van der Waals surface area contributed by atoms with Crippen molar-refractivity contribution in [3.05, 3.63) is 94.0 Å². The number of aliphatic hydroxyl groups excluding tert-OH is 2. The number of anilines is 2. The fraction of sp³-hybridized carbons (Fsp3) is 0.214. The molecule has 0 aliphatic heterocycles. The Morgan fingerprint density at radius 2 is 0.906 bits per heavy atom. The lowest BCUT2D eigenvalue weighted by molar-refractivity contribution is 0.277. The van der Waals surface area contributed by atoms with Gasteiger partial charge in [-0.25, -0.2) is 0 Å². The van der Waals surface area contributed by atoms with Crippen LogP contribution in [0.15, 0.2) is 60.7 Å². The molecule has 0 aromatic heterocycles. The number of rotatable bonds is 4. The molecule has 3 aromatic rings. The monoisotopic (exact) mass is 424 g/mol. The maximum atomic E-state index is 9.88. The number of hydrogen-bond donors (Lipinski definition) is 2. The Bertz CT molecular complexity index is 1090. The lowest BCUT2D eigenvalue weighted by Gasteiger charge is -2.11. The highest BCUT2D eigenvalue weighted by Crippen LogP contribution is 2.18. The molecule has 2 N–H and O–H groups in total. The van der Waals surface area contributed by atoms with Crippen molar-refractivity contribution in [3.8, 4) is 23.7 Å². The molecule has 4 nitrogen and oxygen atoms in total. The van der Waals surface area contributed by atoms with E-state index in [0.717, 1.165) is 22.5 Å². The van der Waals surface area contributed by atoms with E-state index in [4.69, 9.17) is 0 Å². The minimum Gasteiger partial charge on any atom is -0.392 e. The minimum absolute atomic E-state index is 0.151. The van der Waals surface area contributed by atoms with Gasteiger partial charge in [-0.3, -0.25) is 0 Å². The molecule has 0 unspecified atom stereocenters. The van der Waals surface area contributed by atoms with Gasteiger partial charge in [-0.15, -0.1) is 0 Å². The summed E-state index contributed by atoms with van der Waals surface area (Å²) < 4.78 is 0. The van der Waals surface area contributed by atoms with E-state index < -0.39 is 0 Å². The number of hydrogen-bond acceptors (Lipinski definition) is 4. The van der Waals surface area contributed by atoms with Crippen LogP contribution in [0.4, 0.5) is 11.4 Å². The first-order chi connectivity index (χ1) is 15.4. The van der Waals surface area contributed by atoms with Crippen LogP contribution in [0, 0.1) is 23.7 Å². The summed E-state index contributed by atoms with van der Waals surface area (Å²) in [5.41, 5.74) is 6.73. The van der Waals surface area contributed by atoms with Gasteiger partial charge in [0.15, 0.2) is 0 Å². The molecular weight excluding hydrogens is 396 g/mol. The summed E-state index contributed by atoms with van der Waals surface area (Å²) in [4.78, 5) is 4.07. The summed E-state index contributed by atoms with van der Waals surface area (Å²) in [5, 5.41) is 19.8. The van der Waals surface area contributed by atoms with Gasteiger partial charge in [-0.2, -0.15) is 0 Å². The fourth-order valence-corrected chi connectivity index (χ4v) is 3.15. The minimum atomic E-state index is -0.151. The van der Waals surface area contributed by atoms with Crippen molar-refractivity contribution < 1.29 is 10.2 Å². The largest absolute Gasteiger partial charge is 0.392 e. The maximum absolute atomic E-state index is 9.88. The molecule has 0 saturated heterocycles. The van der Waals surface area contributed by atoms with Crippen LogP contribution in [-0.4, -0.2) is 38.4 Å². The second-order valence-electron chi connectivity index (χ2n) is 7.87. The molecule has 3 rings (SSSR count). The molecule has 0 atom stereocenters. The second kappa shape index (κ2) is 10.6. The Labute approximate surface area is 190 Å². The highest BCUT2D eigenvalue weighted by molar-refractivity contribution is 5.57. The Morgan fingerprint density at radius 1 is 0.562 bits per heavy atom. The molecule has 0 fully saturated rings. The van der Waals surface area contributed by atoms with E-state index >= 15 is 0 Å². The average Bonchev–Trinajstić information content (AvgIpc) is 2.81. The molecule has 0 bridgehead atoms. The van der Waals surface area contributed by atoms with Gasteiger partial charge < -0.3 is 20.0 Å². The van der Waals surface area contributed by atoms with Crippen molar-refractivity contribution >= 4 is 11.4 Å². The zero-order valence-corrected chi connectivity index (χ0v) is 19.0. The highest BCUT2D eigenvalue weighted by Gasteiger charge is 2.07. The first-order valence-corrected chi connectivity index (χ1v) is 10.4. The third-order valence-corrected chi connectivity index (χ3v) is 5.12. The van der Waals surface area contributed by atoms with Crippen LogP contribution in [0.5, 0.6) is 0 Å². The molecule has 4 heteroatoms. The summed E-state index contributed by atoms with van der Waals surface area (Å²) >= 11 is 0. The molecule has 0 amide bonds. The first kappa shape index (κ1) is 23.0. The standard InChI is InChI=1S/C28H28N2O2/c1-29(2)27-13-7-21(8-14-27)5-11-23-17-26(20-32)24(18-25(23)19-31)12-6-22-9-15-28(16-10-22)30(3)4/h7-10,13-18,31-32H,19-20H2,1-4H3. The van der Waals surface area contributed by atoms with Crippen LogP contribution in [0.3, 0.4) is 0 Å². The Morgan fingerprint density at radius 3 is 1.19 bits per heavy atom. The number of aliphatic hydroxyl groups is 2. The molecule has 0 aliphatic rings. The summed E-state index contributed by atoms with van der Waals surface area (Å²) in [6.07, 6.45) is 0. The summed E-state index contributed by atoms with van der Waals surface area (Å²) in [6.45, 7) is -0.303. The predicted octanol–water partition coefficient (Wildman–Crippen LogP) is 3.60. The van der Waals surface area contributed by atoms with Gasteiger partial charge in [-0.1, -0.05) is 23.7 Å². The smallest absolute Gasteiger partial charge is 0.0694 e. The van der Waals surface area contributed by atoms with Gasteiger partial charge >= 0.3 is 0 Å². The molecule has 0 radical (unpaired) electrons. The van der Waals surface area contributed by atoms with Gasteiger partial charge in [0.25, 0.3) is 0 Å². The van der Waals surface area contributed by atoms with Crippen molar-refractivity contribution in [1.29, 1.82) is 0 Å². The molecule has 0 saturated carbocycles. The summed E-state index contributed by atoms with van der Waals surface area (Å²) in [6, 6.07) is 19.5. The van der Waals surface area contributed by atoms with E-state index in [2.05, 4.69) is 23.7 Å². The van der Waals surface area contributed by atoms with Crippen LogP contribution in [-0.2, 0) is 13.2 Å². The van der Waals surface area contributed by atoms with Crippen molar-refractivity contribution in [2.24, 2.45) is 0 Å². The first-order valence-electron chi connectivity index (χ1n) is 10.4. The topological polar surface area (TPSA) is 46.9 Å². The van der Waals surface area contributed by atoms with Gasteiger partial charge in [0.1, 0.15) is 0 Å². The third-order valence-electron chi connectivity index (χ3n) is 5.12. The van der Waals surface area contributed by atoms with Crippen molar-refractivity contribution in [1.82, 2.24) is 0 Å². The lowest BCUT2D eigenvalue weighted by atomic mass is 9.98. The molecule has 0 spiro atoms. The van der Waals surface area contributed by atoms with Crippen LogP contribution < -0.4 is 9.80 Å². The normalized spacial score (nSPS) is 9.94. The summed E-state index contributed by atoms with van der Waals surface area (Å²) in [7, 11) is 7.98. The average molecular weight is 425 g/mol. The van der Waals surface area contributed by atoms with E-state index in [1.807, 2.05) is 98.7 Å². The van der Waals surface area contributed by atoms with Crippen molar-refractivity contribution in [3.63, 3.8) is 0 Å². The predicted molar refractivity (Wildman–Crippen MR) is 132 cm³/mol. The van der Waals surface area contributed by atoms with Crippen LogP contribution in [0.25, 0.3) is 0 Å². The zero-order chi connectivity index (χ0) is 23.1. The van der Waals surface area contributed by atoms with E-state index in [0.29, 0.717) is 22.3 Å².